The quantitative estimate of drug-likeness (QED) is 0.269. The molecular weight excluding hydrogens is 440 g/mol. The van der Waals surface area contributed by atoms with E-state index >= 15 is 0 Å². The summed E-state index contributed by atoms with van der Waals surface area (Å²) in [5, 5.41) is 3.22. The second kappa shape index (κ2) is 8.36. The monoisotopic (exact) mass is 460 g/mol. The minimum atomic E-state index is -0.285. The van der Waals surface area contributed by atoms with Crippen molar-refractivity contribution in [2.75, 3.05) is 4.90 Å². The van der Waals surface area contributed by atoms with E-state index in [1.165, 1.54) is 21.2 Å². The highest BCUT2D eigenvalue weighted by atomic mass is 32.2. The van der Waals surface area contributed by atoms with Gasteiger partial charge in [0.2, 0.25) is 0 Å². The summed E-state index contributed by atoms with van der Waals surface area (Å²) in [5.41, 5.74) is 3.83. The topological polar surface area (TPSA) is 42.3 Å². The molecule has 5 aromatic rings. The van der Waals surface area contributed by atoms with E-state index < -0.39 is 0 Å². The van der Waals surface area contributed by atoms with Crippen LogP contribution in [0, 0.1) is 0 Å². The van der Waals surface area contributed by atoms with Gasteiger partial charge in [-0.25, -0.2) is 4.90 Å². The predicted octanol–water partition coefficient (Wildman–Crippen LogP) is 7.08. The van der Waals surface area contributed by atoms with Crippen LogP contribution in [0.15, 0.2) is 108 Å². The number of thioether (sulfide) groups is 1. The van der Waals surface area contributed by atoms with Crippen molar-refractivity contribution in [1.82, 2.24) is 4.57 Å². The van der Waals surface area contributed by atoms with E-state index in [0.29, 0.717) is 17.1 Å². The number of carbonyl (C=O) groups is 2. The molecule has 2 heterocycles. The number of fused-ring (bicyclic) bond motifs is 2. The van der Waals surface area contributed by atoms with Crippen LogP contribution in [0.4, 0.5) is 10.5 Å². The lowest BCUT2D eigenvalue weighted by Crippen LogP contribution is -2.27. The van der Waals surface area contributed by atoms with Crippen LogP contribution < -0.4 is 4.90 Å². The Hall–Kier alpha value is -4.09. The Morgan fingerprint density at radius 1 is 0.735 bits per heavy atom. The lowest BCUT2D eigenvalue weighted by molar-refractivity contribution is -0.113. The lowest BCUT2D eigenvalue weighted by atomic mass is 10.0. The van der Waals surface area contributed by atoms with Crippen LogP contribution in [-0.4, -0.2) is 15.7 Å². The highest BCUT2D eigenvalue weighted by Crippen LogP contribution is 2.37. The molecule has 0 aliphatic carbocycles. The van der Waals surface area contributed by atoms with E-state index in [2.05, 4.69) is 65.4 Å². The molecule has 0 N–H and O–H groups in total. The molecule has 0 spiro atoms. The number of carbonyl (C=O) groups excluding carboxylic acids is 2. The number of anilines is 1. The molecular formula is C29H20N2O2S. The van der Waals surface area contributed by atoms with E-state index in [4.69, 9.17) is 0 Å². The zero-order valence-electron chi connectivity index (χ0n) is 18.2. The fourth-order valence-corrected chi connectivity index (χ4v) is 5.38. The third kappa shape index (κ3) is 3.51. The van der Waals surface area contributed by atoms with E-state index in [1.807, 2.05) is 36.4 Å². The first-order valence-electron chi connectivity index (χ1n) is 11.1. The summed E-state index contributed by atoms with van der Waals surface area (Å²) in [6, 6.07) is 32.0. The molecule has 0 unspecified atom stereocenters. The average Bonchev–Trinajstić information content (AvgIpc) is 3.36. The van der Waals surface area contributed by atoms with Gasteiger partial charge in [-0.2, -0.15) is 0 Å². The van der Waals surface area contributed by atoms with Gasteiger partial charge in [0.05, 0.1) is 10.6 Å². The van der Waals surface area contributed by atoms with Gasteiger partial charge in [0.15, 0.2) is 0 Å². The van der Waals surface area contributed by atoms with Gasteiger partial charge in [0.1, 0.15) is 0 Å². The molecule has 4 aromatic carbocycles. The number of para-hydroxylation sites is 2. The zero-order chi connectivity index (χ0) is 23.1. The molecule has 1 fully saturated rings. The number of hydrogen-bond acceptors (Lipinski definition) is 3. The summed E-state index contributed by atoms with van der Waals surface area (Å²) in [6.45, 7) is 0.710. The molecule has 1 aliphatic rings. The molecule has 0 radical (unpaired) electrons. The largest absolute Gasteiger partial charge is 0.342 e. The molecule has 0 atom stereocenters. The van der Waals surface area contributed by atoms with Gasteiger partial charge in [0, 0.05) is 29.2 Å². The summed E-state index contributed by atoms with van der Waals surface area (Å²) in [6.07, 6.45) is 3.92. The minimum absolute atomic E-state index is 0.276. The number of hydrogen-bond donors (Lipinski definition) is 0. The van der Waals surface area contributed by atoms with Gasteiger partial charge in [0.25, 0.3) is 11.1 Å². The van der Waals surface area contributed by atoms with Gasteiger partial charge in [-0.1, -0.05) is 78.9 Å². The molecule has 1 saturated heterocycles. The van der Waals surface area contributed by atoms with Crippen LogP contribution in [-0.2, 0) is 11.3 Å². The smallest absolute Gasteiger partial charge is 0.298 e. The first kappa shape index (κ1) is 20.5. The van der Waals surface area contributed by atoms with Gasteiger partial charge in [-0.05, 0) is 52.4 Å². The lowest BCUT2D eigenvalue weighted by Gasteiger charge is -2.11. The van der Waals surface area contributed by atoms with Crippen LogP contribution in [0.25, 0.3) is 27.8 Å². The summed E-state index contributed by atoms with van der Waals surface area (Å²) < 4.78 is 2.21. The minimum Gasteiger partial charge on any atom is -0.342 e. The first-order chi connectivity index (χ1) is 16.7. The van der Waals surface area contributed by atoms with Gasteiger partial charge < -0.3 is 4.57 Å². The SMILES string of the molecule is O=C1S/C(=C/c2cn(Cc3cccc4ccccc34)c3ccccc23)C(=O)N1c1ccccc1. The molecule has 1 aliphatic heterocycles. The van der Waals surface area contributed by atoms with Crippen molar-refractivity contribution < 1.29 is 9.59 Å². The summed E-state index contributed by atoms with van der Waals surface area (Å²) in [4.78, 5) is 27.4. The Balaban J connectivity index is 1.40. The predicted molar refractivity (Wildman–Crippen MR) is 140 cm³/mol. The number of nitrogens with zero attached hydrogens (tertiary/aromatic N) is 2. The number of aromatic nitrogens is 1. The maximum atomic E-state index is 13.1. The fraction of sp³-hybridized carbons (Fsp3) is 0.0345. The molecule has 1 aromatic heterocycles. The number of benzene rings is 4. The number of rotatable bonds is 4. The van der Waals surface area contributed by atoms with E-state index in [1.54, 1.807) is 12.1 Å². The summed E-state index contributed by atoms with van der Waals surface area (Å²) in [5.74, 6) is -0.285. The van der Waals surface area contributed by atoms with Gasteiger partial charge in [-0.15, -0.1) is 0 Å². The molecule has 34 heavy (non-hydrogen) atoms. The molecule has 5 heteroatoms. The summed E-state index contributed by atoms with van der Waals surface area (Å²) in [7, 11) is 0. The van der Waals surface area contributed by atoms with Crippen LogP contribution in [0.3, 0.4) is 0 Å². The van der Waals surface area contributed by atoms with Crippen molar-refractivity contribution in [1.29, 1.82) is 0 Å². The maximum Gasteiger partial charge on any atom is 0.298 e. The normalized spacial score (nSPS) is 15.2. The van der Waals surface area contributed by atoms with Crippen molar-refractivity contribution in [3.05, 3.63) is 119 Å². The van der Waals surface area contributed by atoms with Crippen molar-refractivity contribution >= 4 is 56.3 Å². The Morgan fingerprint density at radius 2 is 1.44 bits per heavy atom. The molecule has 4 nitrogen and oxygen atoms in total. The molecule has 0 saturated carbocycles. The van der Waals surface area contributed by atoms with Crippen molar-refractivity contribution in [3.63, 3.8) is 0 Å². The molecule has 2 amide bonds. The third-order valence-electron chi connectivity index (χ3n) is 6.13. The van der Waals surface area contributed by atoms with Crippen LogP contribution in [0.2, 0.25) is 0 Å². The summed E-state index contributed by atoms with van der Waals surface area (Å²) >= 11 is 0.984. The Bertz CT molecular complexity index is 1600. The molecule has 0 bridgehead atoms. The second-order valence-corrected chi connectivity index (χ2v) is 9.21. The molecule has 164 valence electrons. The molecule has 6 rings (SSSR count). The Kier molecular flexibility index (Phi) is 5.04. The standard InChI is InChI=1S/C29H20N2O2S/c32-28-27(34-29(33)31(28)23-12-2-1-3-13-23)17-22-19-30(26-16-7-6-15-25(22)26)18-21-11-8-10-20-9-4-5-14-24(20)21/h1-17,19H,18H2/b27-17+. The highest BCUT2D eigenvalue weighted by molar-refractivity contribution is 8.19. The fourth-order valence-electron chi connectivity index (χ4n) is 4.54. The third-order valence-corrected chi connectivity index (χ3v) is 7.00. The van der Waals surface area contributed by atoms with Crippen LogP contribution in [0.1, 0.15) is 11.1 Å². The second-order valence-electron chi connectivity index (χ2n) is 8.22. The van der Waals surface area contributed by atoms with Crippen LogP contribution >= 0.6 is 11.8 Å². The van der Waals surface area contributed by atoms with Crippen LogP contribution in [0.5, 0.6) is 0 Å². The number of imide groups is 1. The van der Waals surface area contributed by atoms with E-state index in [0.717, 1.165) is 28.2 Å². The van der Waals surface area contributed by atoms with Crippen molar-refractivity contribution in [2.24, 2.45) is 0 Å². The van der Waals surface area contributed by atoms with Crippen molar-refractivity contribution in [2.45, 2.75) is 6.54 Å². The van der Waals surface area contributed by atoms with E-state index in [-0.39, 0.29) is 11.1 Å². The van der Waals surface area contributed by atoms with Gasteiger partial charge >= 0.3 is 0 Å². The van der Waals surface area contributed by atoms with E-state index in [9.17, 15) is 9.59 Å². The average molecular weight is 461 g/mol. The maximum absolute atomic E-state index is 13.1. The first-order valence-corrected chi connectivity index (χ1v) is 11.9. The Morgan fingerprint density at radius 3 is 2.29 bits per heavy atom. The highest BCUT2D eigenvalue weighted by Gasteiger charge is 2.36. The Labute approximate surface area is 201 Å². The van der Waals surface area contributed by atoms with Gasteiger partial charge in [-0.3, -0.25) is 9.59 Å². The zero-order valence-corrected chi connectivity index (χ0v) is 19.0. The number of amides is 2. The van der Waals surface area contributed by atoms with Crippen molar-refractivity contribution in [3.8, 4) is 0 Å².